The van der Waals surface area contributed by atoms with E-state index in [1.165, 1.54) is 32.5 Å². The lowest BCUT2D eigenvalue weighted by atomic mass is 9.92. The first kappa shape index (κ1) is 60.2. The topological polar surface area (TPSA) is 192 Å². The molecule has 0 aromatic carbocycles. The van der Waals surface area contributed by atoms with E-state index >= 15 is 4.39 Å². The summed E-state index contributed by atoms with van der Waals surface area (Å²) in [7, 11) is 0. The number of anilines is 2. The molecule has 2 aromatic heterocycles. The van der Waals surface area contributed by atoms with Crippen LogP contribution in [0, 0.1) is 13.8 Å². The van der Waals surface area contributed by atoms with Crippen molar-refractivity contribution < 1.29 is 52.1 Å². The van der Waals surface area contributed by atoms with Crippen LogP contribution in [0.15, 0.2) is 56.4 Å². The summed E-state index contributed by atoms with van der Waals surface area (Å²) in [6.07, 6.45) is 2.41. The summed E-state index contributed by atoms with van der Waals surface area (Å²) >= 11 is 2.74. The van der Waals surface area contributed by atoms with Crippen LogP contribution < -0.4 is 20.9 Å². The minimum Gasteiger partial charge on any atom is -0.478 e. The highest BCUT2D eigenvalue weighted by Crippen LogP contribution is 2.37. The lowest BCUT2D eigenvalue weighted by molar-refractivity contribution is -0.115. The van der Waals surface area contributed by atoms with Gasteiger partial charge in [-0.05, 0) is 132 Å². The molecule has 404 valence electrons. The van der Waals surface area contributed by atoms with Crippen LogP contribution in [0.2, 0.25) is 0 Å². The number of thiophene rings is 2. The Balaban J connectivity index is 0.000000270. The third-order valence-electron chi connectivity index (χ3n) is 12.9. The molecule has 15 nitrogen and oxygen atoms in total. The van der Waals surface area contributed by atoms with Gasteiger partial charge >= 0.3 is 18.2 Å². The van der Waals surface area contributed by atoms with Gasteiger partial charge in [-0.15, -0.1) is 22.7 Å². The van der Waals surface area contributed by atoms with Gasteiger partial charge in [-0.25, -0.2) is 23.2 Å². The number of Topliss-reactive ketones (excluding diaryl/α,β-unsaturated/α-hetero) is 2. The molecule has 6 rings (SSSR count). The molecule has 73 heavy (non-hydrogen) atoms. The maximum absolute atomic E-state index is 15.3. The fourth-order valence-corrected chi connectivity index (χ4v) is 11.7. The third-order valence-corrected chi connectivity index (χ3v) is 15.1. The Kier molecular flexibility index (Phi) is 21.2. The summed E-state index contributed by atoms with van der Waals surface area (Å²) in [5, 5.41) is 17.1. The molecule has 0 saturated carbocycles. The molecule has 2 saturated heterocycles. The smallest absolute Gasteiger partial charge is 0.410 e. The molecule has 2 aromatic rings. The Hall–Kier alpha value is -5.40. The number of likely N-dealkylation sites (tertiary alicyclic amines) is 2. The fourth-order valence-electron chi connectivity index (χ4n) is 9.30. The van der Waals surface area contributed by atoms with Crippen LogP contribution in [0.25, 0.3) is 0 Å². The number of ether oxygens (including phenoxy) is 2. The van der Waals surface area contributed by atoms with E-state index in [1.807, 2.05) is 70.4 Å². The summed E-state index contributed by atoms with van der Waals surface area (Å²) in [4.78, 5) is 79.2. The molecule has 4 unspecified atom stereocenters. The summed E-state index contributed by atoms with van der Waals surface area (Å²) in [5.41, 5.74) is 11.9. The summed E-state index contributed by atoms with van der Waals surface area (Å²) in [6.45, 7) is 28.4. The van der Waals surface area contributed by atoms with E-state index in [2.05, 4.69) is 5.32 Å². The van der Waals surface area contributed by atoms with Crippen LogP contribution in [0.4, 0.5) is 28.4 Å². The van der Waals surface area contributed by atoms with Gasteiger partial charge in [-0.3, -0.25) is 14.4 Å². The molecule has 4 heterocycles. The van der Waals surface area contributed by atoms with Crippen LogP contribution in [-0.2, 0) is 19.1 Å². The van der Waals surface area contributed by atoms with Gasteiger partial charge in [0.05, 0.1) is 46.3 Å². The molecule has 2 fully saturated rings. The van der Waals surface area contributed by atoms with Gasteiger partial charge in [0.1, 0.15) is 23.5 Å². The van der Waals surface area contributed by atoms with Gasteiger partial charge in [0.25, 0.3) is 5.91 Å². The number of carbonyl (C=O) groups is 6. The van der Waals surface area contributed by atoms with Crippen LogP contribution in [0.5, 0.6) is 0 Å². The molecular weight excluding hydrogens is 979 g/mol. The van der Waals surface area contributed by atoms with E-state index in [-0.39, 0.29) is 42.7 Å². The monoisotopic (exact) mass is 1060 g/mol. The molecule has 3 amide bonds. The Labute approximate surface area is 438 Å². The van der Waals surface area contributed by atoms with Crippen LogP contribution in [0.3, 0.4) is 0 Å². The second-order valence-corrected chi connectivity index (χ2v) is 22.7. The lowest BCUT2D eigenvalue weighted by Gasteiger charge is -2.41. The van der Waals surface area contributed by atoms with Crippen molar-refractivity contribution in [2.45, 2.75) is 158 Å². The van der Waals surface area contributed by atoms with Crippen molar-refractivity contribution in [3.63, 3.8) is 0 Å². The van der Waals surface area contributed by atoms with Gasteiger partial charge in [0.15, 0.2) is 11.6 Å². The molecule has 0 spiro atoms. The predicted octanol–water partition coefficient (Wildman–Crippen LogP) is 10.3. The average molecular weight is 1060 g/mol. The number of alkyl halides is 2. The van der Waals surface area contributed by atoms with Crippen molar-refractivity contribution >= 4 is 68.3 Å². The van der Waals surface area contributed by atoms with E-state index in [0.29, 0.717) is 75.1 Å². The quantitative estimate of drug-likeness (QED) is 0.193. The van der Waals surface area contributed by atoms with E-state index in [9.17, 15) is 38.3 Å². The Bertz CT molecular complexity index is 2500. The largest absolute Gasteiger partial charge is 0.478 e. The summed E-state index contributed by atoms with van der Waals surface area (Å²) in [6, 6.07) is -0.790. The minimum absolute atomic E-state index is 0.0215. The van der Waals surface area contributed by atoms with Crippen molar-refractivity contribution in [2.75, 3.05) is 62.2 Å². The Morgan fingerprint density at radius 2 is 1.11 bits per heavy atom. The van der Waals surface area contributed by atoms with E-state index in [4.69, 9.17) is 15.2 Å². The zero-order chi connectivity index (χ0) is 54.9. The molecule has 4 atom stereocenters. The number of allylic oxidation sites excluding steroid dienone is 6. The number of rotatable bonds is 11. The van der Waals surface area contributed by atoms with Gasteiger partial charge in [-0.1, -0.05) is 23.3 Å². The number of hydrogen-bond donors (Lipinski definition) is 3. The van der Waals surface area contributed by atoms with Gasteiger partial charge < -0.3 is 45.2 Å². The van der Waals surface area contributed by atoms with E-state index in [1.54, 1.807) is 59.2 Å². The van der Waals surface area contributed by atoms with Crippen LogP contribution >= 0.6 is 22.7 Å². The third kappa shape index (κ3) is 16.0. The molecule has 4 N–H and O–H groups in total. The first-order valence-electron chi connectivity index (χ1n) is 25.0. The second kappa shape index (κ2) is 25.7. The molecule has 4 aliphatic rings. The van der Waals surface area contributed by atoms with Gasteiger partial charge in [-0.2, -0.15) is 0 Å². The number of halogens is 2. The number of nitrogens with zero attached hydrogens (tertiary/aromatic N) is 4. The Morgan fingerprint density at radius 3 is 1.45 bits per heavy atom. The predicted molar refractivity (Wildman–Crippen MR) is 287 cm³/mol. The number of nitrogens with two attached hydrogens (primary N) is 1. The number of carbonyl (C=O) groups excluding carboxylic acids is 5. The highest BCUT2D eigenvalue weighted by Gasteiger charge is 2.39. The lowest BCUT2D eigenvalue weighted by Crippen LogP contribution is -2.54. The number of aromatic carboxylic acids is 1. The maximum Gasteiger partial charge on any atom is 0.410 e. The molecule has 19 heteroatoms. The van der Waals surface area contributed by atoms with Crippen molar-refractivity contribution in [2.24, 2.45) is 5.73 Å². The number of piperidine rings is 2. The zero-order valence-electron chi connectivity index (χ0n) is 45.3. The number of ketones is 2. The minimum atomic E-state index is -1.24. The average Bonchev–Trinajstić information content (AvgIpc) is 3.85. The summed E-state index contributed by atoms with van der Waals surface area (Å²) < 4.78 is 41.0. The number of carboxylic acids is 1. The van der Waals surface area contributed by atoms with E-state index in [0.717, 1.165) is 43.4 Å². The number of amides is 3. The maximum atomic E-state index is 15.3. The van der Waals surface area contributed by atoms with Crippen LogP contribution in [-0.4, -0.2) is 139 Å². The normalized spacial score (nSPS) is 20.5. The number of nitrogens with one attached hydrogen (secondary N) is 1. The van der Waals surface area contributed by atoms with Crippen molar-refractivity contribution in [1.82, 2.24) is 15.1 Å². The van der Waals surface area contributed by atoms with Gasteiger partial charge in [0.2, 0.25) is 0 Å². The van der Waals surface area contributed by atoms with Crippen molar-refractivity contribution in [3.05, 3.63) is 78.6 Å². The molecular formula is C54H78F2N6O9S2. The number of hydrogen-bond acceptors (Lipinski definition) is 13. The number of carboxylic acid groups (broad SMARTS) is 1. The molecule has 2 aliphatic heterocycles. The fraction of sp³-hybridized carbons (Fsp3) is 0.593. The zero-order valence-corrected chi connectivity index (χ0v) is 46.9. The van der Waals surface area contributed by atoms with Crippen molar-refractivity contribution in [1.29, 1.82) is 0 Å². The Morgan fingerprint density at radius 1 is 0.712 bits per heavy atom. The molecule has 2 aliphatic carbocycles. The second-order valence-electron chi connectivity index (χ2n) is 21.0. The first-order valence-corrected chi connectivity index (χ1v) is 26.7. The van der Waals surface area contributed by atoms with Crippen molar-refractivity contribution in [3.8, 4) is 0 Å². The summed E-state index contributed by atoms with van der Waals surface area (Å²) in [5.74, 6) is -0.996. The highest BCUT2D eigenvalue weighted by atomic mass is 32.1. The molecule has 0 radical (unpaired) electrons. The van der Waals surface area contributed by atoms with Gasteiger partial charge in [0, 0.05) is 74.0 Å². The SMILES string of the molecule is CC1=CC(C)=C(CN)C(=O)C1.CCN(c1scc(C(=O)NCC2=C(C)C=C(C)CC2=O)c1C)C1CCN(C(=O)OC(C)(C)C)CC1F.CCN(c1scc(C(=O)O)c1C)C1CCN(C(=O)OC(C)(C)C)CC1F. The van der Waals surface area contributed by atoms with E-state index < -0.39 is 53.8 Å². The highest BCUT2D eigenvalue weighted by molar-refractivity contribution is 7.15. The van der Waals surface area contributed by atoms with Crippen LogP contribution in [0.1, 0.15) is 141 Å². The first-order chi connectivity index (χ1) is 34.0. The molecule has 0 bridgehead atoms. The standard InChI is InChI=1S/C27H38FN3O4S.C18H27FN2O4S.C9H13NO/c1-8-31(22-9-10-30(14-21(22)28)26(34)35-27(5,6)7)25-18(4)20(15-36-25)24(33)29-13-19-17(3)11-16(2)12-23(19)32;1-6-21(15-11(2)12(10-26-15)16(22)23)14-7-8-20(9-13(14)19)17(24)25-18(3,4)5;1-6-3-7(2)8(5-10)9(11)4-6/h11,15,21-22H,8-10,12-14H2,1-7H3,(H,29,33);10,13-14H,6-9H2,1-5H3,(H,22,23);3H,4-5,10H2,1-2H3.